The van der Waals surface area contributed by atoms with Crippen molar-refractivity contribution < 1.29 is 13.9 Å². The summed E-state index contributed by atoms with van der Waals surface area (Å²) < 4.78 is 19.9. The monoisotopic (exact) mass is 470 g/mol. The zero-order valence-corrected chi connectivity index (χ0v) is 19.1. The van der Waals surface area contributed by atoms with Gasteiger partial charge in [0.15, 0.2) is 0 Å². The van der Waals surface area contributed by atoms with E-state index < -0.39 is 0 Å². The molecular formula is C24H24ClFN4O3. The van der Waals surface area contributed by atoms with E-state index in [4.69, 9.17) is 16.3 Å². The number of anilines is 2. The van der Waals surface area contributed by atoms with Gasteiger partial charge in [0.05, 0.1) is 24.4 Å². The number of nitrogens with zero attached hydrogens (tertiary/aromatic N) is 3. The van der Waals surface area contributed by atoms with Gasteiger partial charge in [-0.05, 0) is 61.7 Å². The van der Waals surface area contributed by atoms with Gasteiger partial charge in [-0.1, -0.05) is 11.6 Å². The minimum atomic E-state index is -0.389. The van der Waals surface area contributed by atoms with Crippen LogP contribution in [0.2, 0.25) is 5.02 Å². The van der Waals surface area contributed by atoms with E-state index in [1.165, 1.54) is 42.1 Å². The highest BCUT2D eigenvalue weighted by Gasteiger charge is 2.27. The van der Waals surface area contributed by atoms with Crippen molar-refractivity contribution in [1.82, 2.24) is 9.78 Å². The number of hydrogen-bond acceptors (Lipinski definition) is 5. The van der Waals surface area contributed by atoms with Gasteiger partial charge in [-0.2, -0.15) is 4.68 Å². The molecule has 1 amide bonds. The zero-order valence-electron chi connectivity index (χ0n) is 18.3. The van der Waals surface area contributed by atoms with Crippen molar-refractivity contribution in [2.75, 3.05) is 30.4 Å². The summed E-state index contributed by atoms with van der Waals surface area (Å²) in [7, 11) is 1.53. The lowest BCUT2D eigenvalue weighted by Gasteiger charge is -2.33. The molecule has 1 aliphatic heterocycles. The molecule has 1 fully saturated rings. The molecule has 33 heavy (non-hydrogen) atoms. The standard InChI is InChI=1S/C24H24ClFN4O3/c1-15-12-20(21(33-2)13-19(15)25)27-24(32)16-4-3-11-29(14-16)22-9-10-23(31)30(28-22)18-7-5-17(26)6-8-18/h5-10,12-13,16H,3-4,11,14H2,1-2H3,(H,27,32)/t16-/m0/s1. The van der Waals surface area contributed by atoms with Crippen molar-refractivity contribution >= 4 is 29.0 Å². The van der Waals surface area contributed by atoms with Gasteiger partial charge in [-0.3, -0.25) is 9.59 Å². The lowest BCUT2D eigenvalue weighted by molar-refractivity contribution is -0.120. The summed E-state index contributed by atoms with van der Waals surface area (Å²) in [5, 5.41) is 7.99. The van der Waals surface area contributed by atoms with Crippen molar-refractivity contribution in [3.05, 3.63) is 75.3 Å². The number of carbonyl (C=O) groups excluding carboxylic acids is 1. The number of halogens is 2. The van der Waals surface area contributed by atoms with Crippen LogP contribution >= 0.6 is 11.6 Å². The number of aryl methyl sites for hydroxylation is 1. The lowest BCUT2D eigenvalue weighted by Crippen LogP contribution is -2.41. The van der Waals surface area contributed by atoms with Crippen molar-refractivity contribution in [3.8, 4) is 11.4 Å². The topological polar surface area (TPSA) is 76.5 Å². The number of methoxy groups -OCH3 is 1. The number of carbonyl (C=O) groups is 1. The Morgan fingerprint density at radius 3 is 2.70 bits per heavy atom. The summed E-state index contributed by atoms with van der Waals surface area (Å²) in [5.41, 5.74) is 1.57. The highest BCUT2D eigenvalue weighted by Crippen LogP contribution is 2.32. The molecule has 2 heterocycles. The van der Waals surface area contributed by atoms with E-state index >= 15 is 0 Å². The van der Waals surface area contributed by atoms with Gasteiger partial charge in [0.1, 0.15) is 17.4 Å². The predicted octanol–water partition coefficient (Wildman–Crippen LogP) is 4.20. The summed E-state index contributed by atoms with van der Waals surface area (Å²) in [6.45, 7) is 3.03. The van der Waals surface area contributed by atoms with E-state index in [0.717, 1.165) is 18.4 Å². The first kappa shape index (κ1) is 22.8. The normalized spacial score (nSPS) is 15.9. The van der Waals surface area contributed by atoms with Crippen molar-refractivity contribution in [3.63, 3.8) is 0 Å². The predicted molar refractivity (Wildman–Crippen MR) is 126 cm³/mol. The minimum Gasteiger partial charge on any atom is -0.495 e. The van der Waals surface area contributed by atoms with Gasteiger partial charge in [-0.25, -0.2) is 4.39 Å². The third kappa shape index (κ3) is 5.01. The molecule has 172 valence electrons. The maximum absolute atomic E-state index is 13.3. The number of benzene rings is 2. The van der Waals surface area contributed by atoms with E-state index in [2.05, 4.69) is 10.4 Å². The van der Waals surface area contributed by atoms with Crippen LogP contribution in [0.5, 0.6) is 5.75 Å². The Hall–Kier alpha value is -3.39. The van der Waals surface area contributed by atoms with Crippen LogP contribution in [0.1, 0.15) is 18.4 Å². The fourth-order valence-electron chi connectivity index (χ4n) is 3.90. The average molecular weight is 471 g/mol. The molecular weight excluding hydrogens is 447 g/mol. The van der Waals surface area contributed by atoms with Crippen LogP contribution in [-0.2, 0) is 4.79 Å². The Bertz CT molecular complexity index is 1230. The van der Waals surface area contributed by atoms with Gasteiger partial charge >= 0.3 is 0 Å². The third-order valence-electron chi connectivity index (χ3n) is 5.71. The number of aromatic nitrogens is 2. The summed E-state index contributed by atoms with van der Waals surface area (Å²) in [6, 6.07) is 12.1. The van der Waals surface area contributed by atoms with Gasteiger partial charge in [0.25, 0.3) is 5.56 Å². The van der Waals surface area contributed by atoms with Crippen LogP contribution in [0, 0.1) is 18.7 Å². The number of ether oxygens (including phenoxy) is 1. The number of nitrogens with one attached hydrogen (secondary N) is 1. The van der Waals surface area contributed by atoms with Crippen LogP contribution in [-0.4, -0.2) is 35.9 Å². The summed E-state index contributed by atoms with van der Waals surface area (Å²) in [5.74, 6) is 0.301. The smallest absolute Gasteiger partial charge is 0.271 e. The Morgan fingerprint density at radius 1 is 1.21 bits per heavy atom. The number of amides is 1. The lowest BCUT2D eigenvalue weighted by atomic mass is 9.97. The van der Waals surface area contributed by atoms with E-state index in [1.807, 2.05) is 11.8 Å². The average Bonchev–Trinajstić information content (AvgIpc) is 2.82. The van der Waals surface area contributed by atoms with Gasteiger partial charge in [0, 0.05) is 30.2 Å². The molecule has 7 nitrogen and oxygen atoms in total. The maximum Gasteiger partial charge on any atom is 0.271 e. The van der Waals surface area contributed by atoms with E-state index in [0.29, 0.717) is 41.1 Å². The molecule has 1 saturated heterocycles. The van der Waals surface area contributed by atoms with Crippen LogP contribution in [0.4, 0.5) is 15.9 Å². The molecule has 2 aromatic carbocycles. The Labute approximate surface area is 195 Å². The summed E-state index contributed by atoms with van der Waals surface area (Å²) >= 11 is 6.16. The van der Waals surface area contributed by atoms with Crippen molar-refractivity contribution in [2.24, 2.45) is 5.92 Å². The second-order valence-corrected chi connectivity index (χ2v) is 8.40. The molecule has 1 aliphatic rings. The quantitative estimate of drug-likeness (QED) is 0.605. The molecule has 9 heteroatoms. The molecule has 0 bridgehead atoms. The minimum absolute atomic E-state index is 0.119. The fraction of sp³-hybridized carbons (Fsp3) is 0.292. The van der Waals surface area contributed by atoms with Crippen LogP contribution in [0.15, 0.2) is 53.3 Å². The van der Waals surface area contributed by atoms with E-state index in [9.17, 15) is 14.0 Å². The van der Waals surface area contributed by atoms with E-state index in [-0.39, 0.29) is 23.2 Å². The van der Waals surface area contributed by atoms with Crippen LogP contribution in [0.3, 0.4) is 0 Å². The Kier molecular flexibility index (Phi) is 6.65. The molecule has 0 unspecified atom stereocenters. The number of rotatable bonds is 5. The van der Waals surface area contributed by atoms with Crippen LogP contribution in [0.25, 0.3) is 5.69 Å². The second kappa shape index (κ2) is 9.62. The Morgan fingerprint density at radius 2 is 1.97 bits per heavy atom. The number of hydrogen-bond donors (Lipinski definition) is 1. The first-order valence-electron chi connectivity index (χ1n) is 10.6. The molecule has 1 atom stereocenters. The SMILES string of the molecule is COc1cc(Cl)c(C)cc1NC(=O)[C@H]1CCCN(c2ccc(=O)n(-c3ccc(F)cc3)n2)C1. The van der Waals surface area contributed by atoms with E-state index in [1.54, 1.807) is 18.2 Å². The first-order valence-corrected chi connectivity index (χ1v) is 11.0. The molecule has 0 spiro atoms. The maximum atomic E-state index is 13.3. The van der Waals surface area contributed by atoms with Crippen molar-refractivity contribution in [2.45, 2.75) is 19.8 Å². The summed E-state index contributed by atoms with van der Waals surface area (Å²) in [4.78, 5) is 27.4. The molecule has 0 saturated carbocycles. The molecule has 4 rings (SSSR count). The molecule has 3 aromatic rings. The fourth-order valence-corrected chi connectivity index (χ4v) is 4.05. The zero-order chi connectivity index (χ0) is 23.5. The van der Waals surface area contributed by atoms with Gasteiger partial charge < -0.3 is 15.0 Å². The highest BCUT2D eigenvalue weighted by molar-refractivity contribution is 6.31. The van der Waals surface area contributed by atoms with Crippen molar-refractivity contribution in [1.29, 1.82) is 0 Å². The summed E-state index contributed by atoms with van der Waals surface area (Å²) in [6.07, 6.45) is 1.53. The molecule has 0 aliphatic carbocycles. The largest absolute Gasteiger partial charge is 0.495 e. The molecule has 0 radical (unpaired) electrons. The van der Waals surface area contributed by atoms with Gasteiger partial charge in [-0.15, -0.1) is 5.10 Å². The highest BCUT2D eigenvalue weighted by atomic mass is 35.5. The second-order valence-electron chi connectivity index (χ2n) is 7.99. The first-order chi connectivity index (χ1) is 15.9. The third-order valence-corrected chi connectivity index (χ3v) is 6.12. The Balaban J connectivity index is 1.53. The molecule has 1 N–H and O–H groups in total. The molecule has 1 aromatic heterocycles. The van der Waals surface area contributed by atoms with Gasteiger partial charge in [0.2, 0.25) is 5.91 Å². The van der Waals surface area contributed by atoms with Crippen LogP contribution < -0.4 is 20.5 Å². The number of piperidine rings is 1.